The molecule has 17 nitrogen and oxygen atoms in total. The average Bonchev–Trinajstić information content (AvgIpc) is 4.00. The molecule has 6 heterocycles. The van der Waals surface area contributed by atoms with Gasteiger partial charge in [0.15, 0.2) is 5.82 Å². The lowest BCUT2D eigenvalue weighted by Crippen LogP contribution is -2.58. The first-order chi connectivity index (χ1) is 35.0. The van der Waals surface area contributed by atoms with Crippen LogP contribution < -0.4 is 26.2 Å². The van der Waals surface area contributed by atoms with Gasteiger partial charge in [0.05, 0.1) is 33.6 Å². The molecule has 4 aliphatic rings. The van der Waals surface area contributed by atoms with Gasteiger partial charge in [0.2, 0.25) is 23.7 Å². The molecule has 6 N–H and O–H groups in total. The van der Waals surface area contributed by atoms with E-state index in [-0.39, 0.29) is 61.0 Å². The number of likely N-dealkylation sites (tertiary alicyclic amines) is 2. The maximum atomic E-state index is 14.3. The Morgan fingerprint density at radius 2 is 1.56 bits per heavy atom. The second kappa shape index (κ2) is 22.1. The number of thiazole rings is 1. The number of aryl methyl sites for hydroxylation is 1. The van der Waals surface area contributed by atoms with Gasteiger partial charge in [0.1, 0.15) is 17.8 Å². The highest BCUT2D eigenvalue weighted by atomic mass is 32.1. The molecule has 5 atom stereocenters. The molecule has 3 aliphatic heterocycles. The van der Waals surface area contributed by atoms with Crippen LogP contribution in [0, 0.1) is 24.2 Å². The smallest absolute Gasteiger partial charge is 0.246 e. The van der Waals surface area contributed by atoms with Gasteiger partial charge in [-0.05, 0) is 125 Å². The number of hydrogen-bond donors (Lipinski definition) is 5. The van der Waals surface area contributed by atoms with Crippen molar-refractivity contribution >= 4 is 46.5 Å². The Bertz CT molecular complexity index is 2700. The van der Waals surface area contributed by atoms with Gasteiger partial charge >= 0.3 is 0 Å². The fraction of sp³-hybridized carbons (Fsp3) is 0.527. The number of nitrogens with two attached hydrogens (primary N) is 1. The number of hydrogen-bond acceptors (Lipinski definition) is 15. The van der Waals surface area contributed by atoms with E-state index < -0.39 is 23.6 Å². The number of aromatic nitrogens is 5. The molecule has 2 aromatic carbocycles. The third kappa shape index (κ3) is 11.8. The molecule has 2 unspecified atom stereocenters. The zero-order chi connectivity index (χ0) is 51.6. The summed E-state index contributed by atoms with van der Waals surface area (Å²) in [5, 5.41) is 35.8. The van der Waals surface area contributed by atoms with Gasteiger partial charge in [-0.2, -0.15) is 0 Å². The molecular weight excluding hydrogens is 941 g/mol. The first-order valence-corrected chi connectivity index (χ1v) is 26.9. The number of piperazine rings is 1. The van der Waals surface area contributed by atoms with Crippen LogP contribution in [0.2, 0.25) is 0 Å². The number of carbonyl (C=O) groups excluding carboxylic acids is 3. The molecule has 5 aromatic rings. The van der Waals surface area contributed by atoms with Gasteiger partial charge in [-0.1, -0.05) is 57.2 Å². The second-order valence-electron chi connectivity index (χ2n) is 22.0. The molecule has 0 spiro atoms. The van der Waals surface area contributed by atoms with Gasteiger partial charge in [0.25, 0.3) is 0 Å². The van der Waals surface area contributed by atoms with Gasteiger partial charge in [-0.25, -0.2) is 15.0 Å². The van der Waals surface area contributed by atoms with Crippen molar-refractivity contribution in [2.45, 2.75) is 129 Å². The highest BCUT2D eigenvalue weighted by molar-refractivity contribution is 7.13. The number of amides is 3. The lowest BCUT2D eigenvalue weighted by atomic mass is 9.80. The molecule has 3 amide bonds. The summed E-state index contributed by atoms with van der Waals surface area (Å²) < 4.78 is 0. The number of nitrogens with zero attached hydrogens (tertiary/aromatic N) is 9. The van der Waals surface area contributed by atoms with Crippen LogP contribution in [0.4, 0.5) is 17.5 Å². The van der Waals surface area contributed by atoms with E-state index in [1.807, 2.05) is 88.1 Å². The number of nitrogen functional groups attached to an aromatic ring is 1. The van der Waals surface area contributed by atoms with Gasteiger partial charge in [-0.15, -0.1) is 21.5 Å². The normalized spacial score (nSPS) is 23.6. The predicted molar refractivity (Wildman–Crippen MR) is 285 cm³/mol. The standard InChI is InChI=1S/C55H72N12O5S/c1-33-28-65(45-24-44(62-63-50(45)56)43-9-7-8-10-47(43)69)29-34(2)67(33)54-58-26-41(27-59-54)38-19-21-64(22-20-38)30-37-13-17-40(18-14-37)51(70)61-49(55(4,5)6)53(72)66-31-42(68)23-46(66)52(71)57-25-36-11-15-39(16-12-36)48-35(3)60-32-73-48/h7-12,15-16,24,26-27,32-34,37-38,40,42,46,49,68-69H,13-14,17-23,25,28-31H2,1-6H3,(H2,56,63)(H,57,71)(H,61,70)/t33?,34?,37?,40?,42-,46+,49-/m1/s1. The number of piperidine rings is 1. The van der Waals surface area contributed by atoms with Crippen molar-refractivity contribution < 1.29 is 24.6 Å². The number of anilines is 3. The molecule has 3 aromatic heterocycles. The number of para-hydroxylation sites is 1. The molecule has 3 saturated heterocycles. The summed E-state index contributed by atoms with van der Waals surface area (Å²) in [6.07, 6.45) is 8.85. The number of phenols is 1. The first-order valence-electron chi connectivity index (χ1n) is 26.1. The van der Waals surface area contributed by atoms with Crippen LogP contribution in [-0.4, -0.2) is 132 Å². The van der Waals surface area contributed by atoms with E-state index in [1.165, 1.54) is 10.5 Å². The fourth-order valence-electron chi connectivity index (χ4n) is 11.5. The number of rotatable bonds is 13. The summed E-state index contributed by atoms with van der Waals surface area (Å²) in [7, 11) is 0. The Morgan fingerprint density at radius 3 is 2.21 bits per heavy atom. The Labute approximate surface area is 433 Å². The fourth-order valence-corrected chi connectivity index (χ4v) is 12.3. The lowest BCUT2D eigenvalue weighted by Gasteiger charge is -2.45. The van der Waals surface area contributed by atoms with E-state index in [4.69, 9.17) is 15.7 Å². The van der Waals surface area contributed by atoms with Crippen LogP contribution >= 0.6 is 11.3 Å². The van der Waals surface area contributed by atoms with Crippen LogP contribution in [0.1, 0.15) is 102 Å². The number of aliphatic hydroxyl groups is 1. The summed E-state index contributed by atoms with van der Waals surface area (Å²) >= 11 is 1.59. The van der Waals surface area contributed by atoms with Crippen molar-refractivity contribution in [3.8, 4) is 27.4 Å². The SMILES string of the molecule is Cc1ncsc1-c1ccc(CNC(=O)[C@@H]2C[C@@H](O)CN2C(=O)[C@@H](NC(=O)C2CCC(CN3CCC(c4cnc(N5C(C)CN(c6cc(-c7ccccc7O)nnc6N)CC5C)nc4)CC3)CC2)C(C)(C)C)cc1. The van der Waals surface area contributed by atoms with Gasteiger partial charge in [-0.3, -0.25) is 14.4 Å². The van der Waals surface area contributed by atoms with E-state index in [0.717, 1.165) is 91.5 Å². The van der Waals surface area contributed by atoms with E-state index in [0.29, 0.717) is 42.0 Å². The summed E-state index contributed by atoms with van der Waals surface area (Å²) in [6.45, 7) is 16.8. The number of carbonyl (C=O) groups is 3. The minimum atomic E-state index is -0.851. The van der Waals surface area contributed by atoms with E-state index in [1.54, 1.807) is 23.5 Å². The Hall–Kier alpha value is -6.24. The first kappa shape index (κ1) is 51.7. The van der Waals surface area contributed by atoms with Crippen molar-refractivity contribution in [2.75, 3.05) is 54.8 Å². The van der Waals surface area contributed by atoms with Crippen LogP contribution in [0.15, 0.2) is 72.5 Å². The molecule has 4 fully saturated rings. The molecule has 9 rings (SSSR count). The van der Waals surface area contributed by atoms with Crippen molar-refractivity contribution in [2.24, 2.45) is 17.3 Å². The zero-order valence-corrected chi connectivity index (χ0v) is 43.9. The van der Waals surface area contributed by atoms with Crippen LogP contribution in [0.5, 0.6) is 5.75 Å². The predicted octanol–water partition coefficient (Wildman–Crippen LogP) is 6.55. The van der Waals surface area contributed by atoms with Crippen molar-refractivity contribution in [3.63, 3.8) is 0 Å². The number of aliphatic hydroxyl groups excluding tert-OH is 1. The minimum Gasteiger partial charge on any atom is -0.507 e. The van der Waals surface area contributed by atoms with E-state index in [2.05, 4.69) is 54.4 Å². The monoisotopic (exact) mass is 1010 g/mol. The summed E-state index contributed by atoms with van der Waals surface area (Å²) in [6, 6.07) is 15.5. The molecule has 0 bridgehead atoms. The van der Waals surface area contributed by atoms with E-state index in [9.17, 15) is 24.6 Å². The Morgan fingerprint density at radius 1 is 0.877 bits per heavy atom. The molecule has 18 heteroatoms. The topological polar surface area (TPSA) is 219 Å². The van der Waals surface area contributed by atoms with Gasteiger partial charge in [0, 0.05) is 75.1 Å². The van der Waals surface area contributed by atoms with Crippen molar-refractivity contribution in [3.05, 3.63) is 89.3 Å². The van der Waals surface area contributed by atoms with Gasteiger partial charge < -0.3 is 46.2 Å². The van der Waals surface area contributed by atoms with Crippen molar-refractivity contribution in [1.82, 2.24) is 45.6 Å². The highest BCUT2D eigenvalue weighted by Gasteiger charge is 2.45. The summed E-state index contributed by atoms with van der Waals surface area (Å²) in [5.41, 5.74) is 13.7. The summed E-state index contributed by atoms with van der Waals surface area (Å²) in [5.74, 6) is 1.16. The van der Waals surface area contributed by atoms with Crippen LogP contribution in [-0.2, 0) is 20.9 Å². The van der Waals surface area contributed by atoms with Crippen LogP contribution in [0.3, 0.4) is 0 Å². The zero-order valence-electron chi connectivity index (χ0n) is 43.1. The number of phenolic OH excluding ortho intramolecular Hbond substituents is 1. The Balaban J connectivity index is 0.719. The molecule has 0 radical (unpaired) electrons. The maximum Gasteiger partial charge on any atom is 0.246 e. The van der Waals surface area contributed by atoms with Crippen LogP contribution in [0.25, 0.3) is 21.7 Å². The lowest BCUT2D eigenvalue weighted by molar-refractivity contribution is -0.144. The third-order valence-corrected chi connectivity index (χ3v) is 16.6. The number of aromatic hydroxyl groups is 1. The quantitative estimate of drug-likeness (QED) is 0.0845. The minimum absolute atomic E-state index is 0.0389. The van der Waals surface area contributed by atoms with E-state index >= 15 is 0 Å². The largest absolute Gasteiger partial charge is 0.507 e. The molecular formula is C55H72N12O5S. The summed E-state index contributed by atoms with van der Waals surface area (Å²) in [4.78, 5) is 65.7. The second-order valence-corrected chi connectivity index (χ2v) is 22.9. The highest BCUT2D eigenvalue weighted by Crippen LogP contribution is 2.37. The maximum absolute atomic E-state index is 14.3. The molecule has 388 valence electrons. The molecule has 1 saturated carbocycles. The number of benzene rings is 2. The van der Waals surface area contributed by atoms with Crippen molar-refractivity contribution in [1.29, 1.82) is 0 Å². The molecule has 1 aliphatic carbocycles. The number of nitrogens with one attached hydrogen (secondary N) is 2. The Kier molecular flexibility index (Phi) is 15.6. The third-order valence-electron chi connectivity index (χ3n) is 15.6. The average molecular weight is 1010 g/mol. The number of β-amino-alcohol motifs (C(OH)–C–C–N with tert-alkyl or cyclic N) is 1. The molecule has 73 heavy (non-hydrogen) atoms.